The van der Waals surface area contributed by atoms with Gasteiger partial charge in [-0.25, -0.2) is 0 Å². The van der Waals surface area contributed by atoms with Gasteiger partial charge in [-0.3, -0.25) is 4.79 Å². The van der Waals surface area contributed by atoms with E-state index >= 15 is 0 Å². The van der Waals surface area contributed by atoms with Gasteiger partial charge in [0.2, 0.25) is 5.91 Å². The molecule has 0 saturated carbocycles. The Morgan fingerprint density at radius 2 is 2.28 bits per heavy atom. The number of amides is 1. The van der Waals surface area contributed by atoms with E-state index < -0.39 is 0 Å². The second-order valence-electron chi connectivity index (χ2n) is 4.85. The summed E-state index contributed by atoms with van der Waals surface area (Å²) in [4.78, 5) is 13.5. The lowest BCUT2D eigenvalue weighted by molar-refractivity contribution is -0.120. The van der Waals surface area contributed by atoms with Crippen molar-refractivity contribution < 1.29 is 4.79 Å². The molecule has 1 aliphatic rings. The van der Waals surface area contributed by atoms with Crippen LogP contribution in [0.4, 0.5) is 11.4 Å². The Morgan fingerprint density at radius 3 is 3.00 bits per heavy atom. The van der Waals surface area contributed by atoms with Crippen molar-refractivity contribution in [1.82, 2.24) is 5.32 Å². The monoisotopic (exact) mass is 247 g/mol. The zero-order chi connectivity index (χ0) is 13.1. The van der Waals surface area contributed by atoms with E-state index in [1.54, 1.807) is 7.05 Å². The Balaban J connectivity index is 1.99. The summed E-state index contributed by atoms with van der Waals surface area (Å²) in [5, 5.41) is 2.65. The molecule has 4 heteroatoms. The number of nitrogens with zero attached hydrogens (tertiary/aromatic N) is 1. The summed E-state index contributed by atoms with van der Waals surface area (Å²) in [5.41, 5.74) is 10.6. The third-order valence-electron chi connectivity index (χ3n) is 3.57. The second kappa shape index (κ2) is 5.29. The summed E-state index contributed by atoms with van der Waals surface area (Å²) in [5.74, 6) is 0.109. The van der Waals surface area contributed by atoms with E-state index in [1.165, 1.54) is 11.3 Å². The van der Waals surface area contributed by atoms with Gasteiger partial charge in [-0.05, 0) is 37.0 Å². The summed E-state index contributed by atoms with van der Waals surface area (Å²) in [6, 6.07) is 4.25. The number of carbonyl (C=O) groups excluding carboxylic acids is 1. The molecule has 2 rings (SSSR count). The third-order valence-corrected chi connectivity index (χ3v) is 3.57. The van der Waals surface area contributed by atoms with E-state index in [0.29, 0.717) is 6.42 Å². The van der Waals surface area contributed by atoms with E-state index in [2.05, 4.69) is 22.3 Å². The number of nitrogens with one attached hydrogen (secondary N) is 1. The number of rotatable bonds is 4. The van der Waals surface area contributed by atoms with Gasteiger partial charge in [0.05, 0.1) is 0 Å². The van der Waals surface area contributed by atoms with Crippen molar-refractivity contribution >= 4 is 17.3 Å². The summed E-state index contributed by atoms with van der Waals surface area (Å²) < 4.78 is 0. The molecule has 1 heterocycles. The van der Waals surface area contributed by atoms with Crippen LogP contribution in [0.2, 0.25) is 0 Å². The van der Waals surface area contributed by atoms with Crippen molar-refractivity contribution in [3.8, 4) is 0 Å². The van der Waals surface area contributed by atoms with Crippen LogP contribution in [0.5, 0.6) is 0 Å². The average molecular weight is 247 g/mol. The normalized spacial score (nSPS) is 13.6. The summed E-state index contributed by atoms with van der Waals surface area (Å²) >= 11 is 0. The van der Waals surface area contributed by atoms with Crippen molar-refractivity contribution in [1.29, 1.82) is 0 Å². The number of anilines is 2. The maximum absolute atomic E-state index is 11.2. The molecule has 1 aromatic rings. The molecular weight excluding hydrogens is 226 g/mol. The van der Waals surface area contributed by atoms with Crippen LogP contribution in [-0.4, -0.2) is 26.0 Å². The first-order chi connectivity index (χ1) is 8.61. The molecule has 1 amide bonds. The maximum atomic E-state index is 11.2. The van der Waals surface area contributed by atoms with Crippen molar-refractivity contribution in [2.45, 2.75) is 26.2 Å². The lowest BCUT2D eigenvalue weighted by Gasteiger charge is -2.19. The minimum atomic E-state index is 0.109. The first-order valence-electron chi connectivity index (χ1n) is 6.46. The van der Waals surface area contributed by atoms with Crippen LogP contribution in [0.1, 0.15) is 24.0 Å². The molecule has 0 aliphatic carbocycles. The topological polar surface area (TPSA) is 58.4 Å². The number of carbonyl (C=O) groups is 1. The Labute approximate surface area is 108 Å². The minimum absolute atomic E-state index is 0.109. The zero-order valence-corrected chi connectivity index (χ0v) is 11.1. The van der Waals surface area contributed by atoms with Crippen LogP contribution in [0, 0.1) is 6.92 Å². The summed E-state index contributed by atoms with van der Waals surface area (Å²) in [7, 11) is 1.68. The molecule has 0 unspecified atom stereocenters. The predicted octanol–water partition coefficient (Wildman–Crippen LogP) is 1.47. The van der Waals surface area contributed by atoms with Crippen LogP contribution >= 0.6 is 0 Å². The standard InChI is InChI=1S/C14H21N3O/c1-10-8-11-5-7-17(13(11)9-12(10)15)6-3-4-14(18)16-2/h8-9H,3-7,15H2,1-2H3,(H,16,18). The fourth-order valence-corrected chi connectivity index (χ4v) is 2.43. The van der Waals surface area contributed by atoms with Gasteiger partial charge in [0, 0.05) is 37.9 Å². The Kier molecular flexibility index (Phi) is 3.75. The number of aryl methyl sites for hydroxylation is 1. The Morgan fingerprint density at radius 1 is 1.50 bits per heavy atom. The number of benzene rings is 1. The molecule has 0 spiro atoms. The number of nitrogen functional groups attached to an aromatic ring is 1. The zero-order valence-electron chi connectivity index (χ0n) is 11.1. The molecule has 1 aliphatic heterocycles. The number of hydrogen-bond acceptors (Lipinski definition) is 3. The van der Waals surface area contributed by atoms with E-state index in [-0.39, 0.29) is 5.91 Å². The SMILES string of the molecule is CNC(=O)CCCN1CCc2cc(C)c(N)cc21. The lowest BCUT2D eigenvalue weighted by atomic mass is 10.1. The van der Waals surface area contributed by atoms with Crippen molar-refractivity contribution in [2.75, 3.05) is 30.8 Å². The molecule has 0 bridgehead atoms. The van der Waals surface area contributed by atoms with E-state index in [0.717, 1.165) is 37.2 Å². The highest BCUT2D eigenvalue weighted by Crippen LogP contribution is 2.32. The van der Waals surface area contributed by atoms with Crippen molar-refractivity contribution in [3.05, 3.63) is 23.3 Å². The molecule has 98 valence electrons. The molecule has 0 saturated heterocycles. The van der Waals surface area contributed by atoms with Gasteiger partial charge in [0.15, 0.2) is 0 Å². The van der Waals surface area contributed by atoms with Crippen molar-refractivity contribution in [2.24, 2.45) is 0 Å². The van der Waals surface area contributed by atoms with Gasteiger partial charge in [0.25, 0.3) is 0 Å². The number of hydrogen-bond donors (Lipinski definition) is 2. The smallest absolute Gasteiger partial charge is 0.219 e. The summed E-state index contributed by atoms with van der Waals surface area (Å²) in [6.45, 7) is 4.00. The maximum Gasteiger partial charge on any atom is 0.219 e. The van der Waals surface area contributed by atoms with Crippen LogP contribution in [0.15, 0.2) is 12.1 Å². The lowest BCUT2D eigenvalue weighted by Crippen LogP contribution is -2.24. The van der Waals surface area contributed by atoms with Gasteiger partial charge < -0.3 is 16.0 Å². The fraction of sp³-hybridized carbons (Fsp3) is 0.500. The first kappa shape index (κ1) is 12.7. The summed E-state index contributed by atoms with van der Waals surface area (Å²) in [6.07, 6.45) is 2.55. The molecule has 0 atom stereocenters. The molecule has 1 aromatic carbocycles. The van der Waals surface area contributed by atoms with Gasteiger partial charge in [-0.1, -0.05) is 6.07 Å². The highest BCUT2D eigenvalue weighted by atomic mass is 16.1. The van der Waals surface area contributed by atoms with Gasteiger partial charge in [-0.2, -0.15) is 0 Å². The van der Waals surface area contributed by atoms with E-state index in [4.69, 9.17) is 5.73 Å². The number of nitrogens with two attached hydrogens (primary N) is 1. The average Bonchev–Trinajstić information content (AvgIpc) is 2.72. The highest BCUT2D eigenvalue weighted by Gasteiger charge is 2.19. The molecular formula is C14H21N3O. The highest BCUT2D eigenvalue weighted by molar-refractivity contribution is 5.75. The molecule has 3 N–H and O–H groups in total. The van der Waals surface area contributed by atoms with Gasteiger partial charge in [-0.15, -0.1) is 0 Å². The molecule has 0 aromatic heterocycles. The van der Waals surface area contributed by atoms with E-state index in [1.807, 2.05) is 6.92 Å². The molecule has 0 fully saturated rings. The quantitative estimate of drug-likeness (QED) is 0.792. The Bertz CT molecular complexity index is 457. The Hall–Kier alpha value is -1.71. The number of fused-ring (bicyclic) bond motifs is 1. The molecule has 18 heavy (non-hydrogen) atoms. The van der Waals surface area contributed by atoms with E-state index in [9.17, 15) is 4.79 Å². The molecule has 4 nitrogen and oxygen atoms in total. The largest absolute Gasteiger partial charge is 0.398 e. The van der Waals surface area contributed by atoms with Crippen LogP contribution < -0.4 is 16.0 Å². The van der Waals surface area contributed by atoms with Gasteiger partial charge in [0.1, 0.15) is 0 Å². The predicted molar refractivity (Wildman–Crippen MR) is 74.8 cm³/mol. The van der Waals surface area contributed by atoms with Crippen LogP contribution in [0.3, 0.4) is 0 Å². The minimum Gasteiger partial charge on any atom is -0.398 e. The van der Waals surface area contributed by atoms with Crippen LogP contribution in [0.25, 0.3) is 0 Å². The first-order valence-corrected chi connectivity index (χ1v) is 6.46. The van der Waals surface area contributed by atoms with Gasteiger partial charge >= 0.3 is 0 Å². The second-order valence-corrected chi connectivity index (χ2v) is 4.85. The third kappa shape index (κ3) is 2.58. The van der Waals surface area contributed by atoms with Crippen molar-refractivity contribution in [3.63, 3.8) is 0 Å². The van der Waals surface area contributed by atoms with Crippen LogP contribution in [-0.2, 0) is 11.2 Å². The molecule has 0 radical (unpaired) electrons. The fourth-order valence-electron chi connectivity index (χ4n) is 2.43.